The van der Waals surface area contributed by atoms with Crippen LogP contribution in [0.25, 0.3) is 11.0 Å². The standard InChI is InChI=1S/C22H23N3O3/c1-3-16-17(4-2)25-19-11-14(9-10-18(19)24-16)22(26)23-12-15-13-27-20-7-5-6-8-21(20)28-15/h5-11,15H,3-4,12-13H2,1-2H3,(H,23,26). The molecule has 1 amide bonds. The van der Waals surface area contributed by atoms with Gasteiger partial charge in [-0.15, -0.1) is 0 Å². The molecule has 1 aliphatic rings. The second-order valence-corrected chi connectivity index (χ2v) is 6.74. The van der Waals surface area contributed by atoms with E-state index in [1.165, 1.54) is 0 Å². The molecule has 0 bridgehead atoms. The average Bonchev–Trinajstić information content (AvgIpc) is 2.75. The third kappa shape index (κ3) is 3.63. The van der Waals surface area contributed by atoms with Gasteiger partial charge in [0.1, 0.15) is 12.7 Å². The fourth-order valence-electron chi connectivity index (χ4n) is 3.31. The summed E-state index contributed by atoms with van der Waals surface area (Å²) >= 11 is 0. The van der Waals surface area contributed by atoms with E-state index in [0.29, 0.717) is 24.5 Å². The molecule has 0 radical (unpaired) electrons. The Kier molecular flexibility index (Phi) is 5.10. The number of aryl methyl sites for hydroxylation is 2. The van der Waals surface area contributed by atoms with Crippen LogP contribution in [0.2, 0.25) is 0 Å². The summed E-state index contributed by atoms with van der Waals surface area (Å²) in [5.41, 5.74) is 4.12. The maximum atomic E-state index is 12.6. The molecule has 1 N–H and O–H groups in total. The van der Waals surface area contributed by atoms with Gasteiger partial charge in [0.15, 0.2) is 11.5 Å². The van der Waals surface area contributed by atoms with Gasteiger partial charge in [0, 0.05) is 5.56 Å². The number of rotatable bonds is 5. The van der Waals surface area contributed by atoms with E-state index in [2.05, 4.69) is 24.1 Å². The molecule has 0 saturated carbocycles. The van der Waals surface area contributed by atoms with Crippen molar-refractivity contribution in [3.63, 3.8) is 0 Å². The Bertz CT molecular complexity index is 1020. The highest BCUT2D eigenvalue weighted by molar-refractivity contribution is 5.97. The van der Waals surface area contributed by atoms with Crippen molar-refractivity contribution in [3.05, 3.63) is 59.4 Å². The topological polar surface area (TPSA) is 73.3 Å². The molecule has 1 unspecified atom stereocenters. The van der Waals surface area contributed by atoms with E-state index in [0.717, 1.165) is 41.0 Å². The smallest absolute Gasteiger partial charge is 0.251 e. The fourth-order valence-corrected chi connectivity index (χ4v) is 3.31. The van der Waals surface area contributed by atoms with Crippen molar-refractivity contribution >= 4 is 16.9 Å². The molecular formula is C22H23N3O3. The van der Waals surface area contributed by atoms with Gasteiger partial charge < -0.3 is 14.8 Å². The van der Waals surface area contributed by atoms with Crippen molar-refractivity contribution in [2.45, 2.75) is 32.8 Å². The zero-order valence-electron chi connectivity index (χ0n) is 16.1. The molecule has 1 atom stereocenters. The third-order valence-electron chi connectivity index (χ3n) is 4.81. The summed E-state index contributed by atoms with van der Waals surface area (Å²) in [5.74, 6) is 1.27. The van der Waals surface area contributed by atoms with E-state index in [4.69, 9.17) is 14.5 Å². The number of para-hydroxylation sites is 2. The number of ether oxygens (including phenoxy) is 2. The van der Waals surface area contributed by atoms with Gasteiger partial charge in [-0.1, -0.05) is 26.0 Å². The number of amides is 1. The maximum absolute atomic E-state index is 12.6. The SMILES string of the molecule is CCc1nc2ccc(C(=O)NCC3COc4ccccc4O3)cc2nc1CC. The summed E-state index contributed by atoms with van der Waals surface area (Å²) in [4.78, 5) is 22.0. The number of benzene rings is 2. The van der Waals surface area contributed by atoms with Crippen molar-refractivity contribution in [3.8, 4) is 11.5 Å². The van der Waals surface area contributed by atoms with Crippen LogP contribution in [-0.4, -0.2) is 35.1 Å². The van der Waals surface area contributed by atoms with Crippen LogP contribution < -0.4 is 14.8 Å². The van der Waals surface area contributed by atoms with Gasteiger partial charge in [-0.05, 0) is 43.2 Å². The average molecular weight is 377 g/mol. The van der Waals surface area contributed by atoms with E-state index in [1.54, 1.807) is 12.1 Å². The number of nitrogens with zero attached hydrogens (tertiary/aromatic N) is 2. The van der Waals surface area contributed by atoms with Crippen LogP contribution >= 0.6 is 0 Å². The molecule has 1 aromatic heterocycles. The second-order valence-electron chi connectivity index (χ2n) is 6.74. The first kappa shape index (κ1) is 18.2. The Labute approximate surface area is 163 Å². The maximum Gasteiger partial charge on any atom is 0.251 e. The quantitative estimate of drug-likeness (QED) is 0.738. The molecule has 0 fully saturated rings. The van der Waals surface area contributed by atoms with E-state index < -0.39 is 0 Å². The highest BCUT2D eigenvalue weighted by Crippen LogP contribution is 2.30. The van der Waals surface area contributed by atoms with Crippen molar-refractivity contribution in [1.29, 1.82) is 0 Å². The van der Waals surface area contributed by atoms with Crippen LogP contribution in [0.3, 0.4) is 0 Å². The predicted octanol–water partition coefficient (Wildman–Crippen LogP) is 3.32. The number of hydrogen-bond donors (Lipinski definition) is 1. The minimum Gasteiger partial charge on any atom is -0.486 e. The molecule has 0 spiro atoms. The van der Waals surface area contributed by atoms with Crippen LogP contribution in [0.1, 0.15) is 35.6 Å². The number of hydrogen-bond acceptors (Lipinski definition) is 5. The van der Waals surface area contributed by atoms with Crippen LogP contribution in [0, 0.1) is 0 Å². The summed E-state index contributed by atoms with van der Waals surface area (Å²) in [5, 5.41) is 2.92. The van der Waals surface area contributed by atoms with Gasteiger partial charge in [-0.3, -0.25) is 4.79 Å². The van der Waals surface area contributed by atoms with Gasteiger partial charge in [-0.2, -0.15) is 0 Å². The Balaban J connectivity index is 1.45. The number of aromatic nitrogens is 2. The molecule has 0 aliphatic carbocycles. The summed E-state index contributed by atoms with van der Waals surface area (Å²) in [6, 6.07) is 13.0. The monoisotopic (exact) mass is 377 g/mol. The lowest BCUT2D eigenvalue weighted by Crippen LogP contribution is -2.40. The van der Waals surface area contributed by atoms with Gasteiger partial charge in [0.2, 0.25) is 0 Å². The number of carbonyl (C=O) groups excluding carboxylic acids is 1. The Hall–Kier alpha value is -3.15. The van der Waals surface area contributed by atoms with Gasteiger partial charge in [0.25, 0.3) is 5.91 Å². The Morgan fingerprint density at radius 3 is 2.50 bits per heavy atom. The minimum absolute atomic E-state index is 0.163. The number of fused-ring (bicyclic) bond motifs is 2. The van der Waals surface area contributed by atoms with Crippen LogP contribution in [-0.2, 0) is 12.8 Å². The molecule has 2 aromatic carbocycles. The van der Waals surface area contributed by atoms with Crippen molar-refractivity contribution < 1.29 is 14.3 Å². The normalized spacial score (nSPS) is 15.4. The molecule has 0 saturated heterocycles. The molecule has 2 heterocycles. The first-order valence-corrected chi connectivity index (χ1v) is 9.64. The lowest BCUT2D eigenvalue weighted by Gasteiger charge is -2.26. The van der Waals surface area contributed by atoms with Crippen molar-refractivity contribution in [2.75, 3.05) is 13.2 Å². The fraction of sp³-hybridized carbons (Fsp3) is 0.318. The Morgan fingerprint density at radius 1 is 1.04 bits per heavy atom. The first-order chi connectivity index (χ1) is 13.7. The predicted molar refractivity (Wildman–Crippen MR) is 107 cm³/mol. The van der Waals surface area contributed by atoms with E-state index in [9.17, 15) is 4.79 Å². The van der Waals surface area contributed by atoms with Gasteiger partial charge in [-0.25, -0.2) is 9.97 Å². The minimum atomic E-state index is -0.224. The molecule has 144 valence electrons. The lowest BCUT2D eigenvalue weighted by molar-refractivity contribution is 0.0789. The largest absolute Gasteiger partial charge is 0.486 e. The molecule has 6 nitrogen and oxygen atoms in total. The number of carbonyl (C=O) groups is 1. The molecular weight excluding hydrogens is 354 g/mol. The Morgan fingerprint density at radius 2 is 1.75 bits per heavy atom. The molecule has 3 aromatic rings. The summed E-state index contributed by atoms with van der Waals surface area (Å²) in [7, 11) is 0. The van der Waals surface area contributed by atoms with Gasteiger partial charge >= 0.3 is 0 Å². The zero-order valence-corrected chi connectivity index (χ0v) is 16.1. The molecule has 6 heteroatoms. The number of nitrogens with one attached hydrogen (secondary N) is 1. The lowest BCUT2D eigenvalue weighted by atomic mass is 10.1. The van der Waals surface area contributed by atoms with Crippen LogP contribution in [0.4, 0.5) is 0 Å². The first-order valence-electron chi connectivity index (χ1n) is 9.64. The molecule has 28 heavy (non-hydrogen) atoms. The zero-order chi connectivity index (χ0) is 19.5. The van der Waals surface area contributed by atoms with E-state index in [-0.39, 0.29) is 12.0 Å². The van der Waals surface area contributed by atoms with E-state index >= 15 is 0 Å². The highest BCUT2D eigenvalue weighted by Gasteiger charge is 2.21. The van der Waals surface area contributed by atoms with E-state index in [1.807, 2.05) is 30.3 Å². The van der Waals surface area contributed by atoms with Crippen LogP contribution in [0.5, 0.6) is 11.5 Å². The summed E-state index contributed by atoms with van der Waals surface area (Å²) in [6.45, 7) is 4.91. The molecule has 1 aliphatic heterocycles. The summed E-state index contributed by atoms with van der Waals surface area (Å²) < 4.78 is 11.6. The highest BCUT2D eigenvalue weighted by atomic mass is 16.6. The van der Waals surface area contributed by atoms with Crippen LogP contribution in [0.15, 0.2) is 42.5 Å². The van der Waals surface area contributed by atoms with Crippen molar-refractivity contribution in [2.24, 2.45) is 0 Å². The molecule has 4 rings (SSSR count). The third-order valence-corrected chi connectivity index (χ3v) is 4.81. The van der Waals surface area contributed by atoms with Crippen molar-refractivity contribution in [1.82, 2.24) is 15.3 Å². The summed E-state index contributed by atoms with van der Waals surface area (Å²) in [6.07, 6.45) is 1.45. The second kappa shape index (κ2) is 7.84. The van der Waals surface area contributed by atoms with Gasteiger partial charge in [0.05, 0.1) is 29.0 Å².